The Morgan fingerprint density at radius 2 is 1.87 bits per heavy atom. The highest BCUT2D eigenvalue weighted by Gasteiger charge is 2.29. The van der Waals surface area contributed by atoms with E-state index in [9.17, 15) is 13.2 Å². The van der Waals surface area contributed by atoms with Gasteiger partial charge in [-0.2, -0.15) is 0 Å². The lowest BCUT2D eigenvalue weighted by Crippen LogP contribution is -2.46. The molecule has 4 rings (SSSR count). The van der Waals surface area contributed by atoms with Crippen LogP contribution in [-0.2, 0) is 10.0 Å². The number of hydrogen-bond donors (Lipinski definition) is 1. The molecule has 1 fully saturated rings. The Labute approximate surface area is 177 Å². The zero-order chi connectivity index (χ0) is 21.3. The summed E-state index contributed by atoms with van der Waals surface area (Å²) >= 11 is 0. The van der Waals surface area contributed by atoms with Crippen molar-refractivity contribution in [2.75, 3.05) is 31.6 Å². The number of para-hydroxylation sites is 2. The van der Waals surface area contributed by atoms with Crippen molar-refractivity contribution in [3.63, 3.8) is 0 Å². The summed E-state index contributed by atoms with van der Waals surface area (Å²) in [5.41, 5.74) is 1.52. The van der Waals surface area contributed by atoms with Crippen LogP contribution in [0.25, 0.3) is 0 Å². The summed E-state index contributed by atoms with van der Waals surface area (Å²) in [7, 11) is -1.78. The normalized spacial score (nSPS) is 18.5. The topological polar surface area (TPSA) is 79.0 Å². The highest BCUT2D eigenvalue weighted by atomic mass is 32.2. The molecule has 7 nitrogen and oxygen atoms in total. The van der Waals surface area contributed by atoms with Gasteiger partial charge in [0.05, 0.1) is 23.7 Å². The number of hydrogen-bond acceptors (Lipinski definition) is 5. The first kappa shape index (κ1) is 20.7. The van der Waals surface area contributed by atoms with Gasteiger partial charge in [0.2, 0.25) is 10.0 Å². The first-order valence-corrected chi connectivity index (χ1v) is 11.7. The Bertz CT molecular complexity index is 1020. The van der Waals surface area contributed by atoms with Crippen LogP contribution >= 0.6 is 0 Å². The first-order valence-electron chi connectivity index (χ1n) is 10.3. The van der Waals surface area contributed by atoms with E-state index in [4.69, 9.17) is 4.74 Å². The molecule has 1 amide bonds. The van der Waals surface area contributed by atoms with Crippen LogP contribution in [0, 0.1) is 0 Å². The third-order valence-corrected chi connectivity index (χ3v) is 6.98. The van der Waals surface area contributed by atoms with Gasteiger partial charge in [0.25, 0.3) is 5.91 Å². The molecule has 1 aliphatic carbocycles. The summed E-state index contributed by atoms with van der Waals surface area (Å²) in [6.07, 6.45) is 1.62. The number of ether oxygens (including phenoxy) is 1. The molecule has 0 radical (unpaired) electrons. The second kappa shape index (κ2) is 8.28. The van der Waals surface area contributed by atoms with Crippen molar-refractivity contribution >= 4 is 21.6 Å². The minimum absolute atomic E-state index is 0.0470. The van der Waals surface area contributed by atoms with E-state index in [-0.39, 0.29) is 22.9 Å². The molecular formula is C22H27N3O4S. The third kappa shape index (κ3) is 4.44. The largest absolute Gasteiger partial charge is 0.485 e. The van der Waals surface area contributed by atoms with Crippen LogP contribution in [0.4, 0.5) is 5.69 Å². The molecule has 160 valence electrons. The SMILES string of the molecule is CCN1CC(CN(C)C(=O)c2ccc(S(=O)(=O)NC3CC3)cc2)Oc2ccccc21. The van der Waals surface area contributed by atoms with Crippen molar-refractivity contribution in [3.8, 4) is 5.75 Å². The smallest absolute Gasteiger partial charge is 0.253 e. The van der Waals surface area contributed by atoms with Gasteiger partial charge in [0.1, 0.15) is 11.9 Å². The Morgan fingerprint density at radius 3 is 2.53 bits per heavy atom. The lowest BCUT2D eigenvalue weighted by atomic mass is 10.1. The number of nitrogens with zero attached hydrogens (tertiary/aromatic N) is 2. The fraction of sp³-hybridized carbons (Fsp3) is 0.409. The number of sulfonamides is 1. The van der Waals surface area contributed by atoms with Crippen LogP contribution in [0.15, 0.2) is 53.4 Å². The van der Waals surface area contributed by atoms with Crippen molar-refractivity contribution in [1.82, 2.24) is 9.62 Å². The lowest BCUT2D eigenvalue weighted by molar-refractivity contribution is 0.0709. The number of amides is 1. The Balaban J connectivity index is 1.41. The van der Waals surface area contributed by atoms with Crippen LogP contribution in [0.2, 0.25) is 0 Å². The number of rotatable bonds is 7. The molecule has 2 aliphatic rings. The second-order valence-electron chi connectivity index (χ2n) is 7.85. The average Bonchev–Trinajstić information content (AvgIpc) is 3.56. The predicted molar refractivity (Wildman–Crippen MR) is 115 cm³/mol. The van der Waals surface area contributed by atoms with E-state index in [1.807, 2.05) is 24.3 Å². The maximum absolute atomic E-state index is 12.9. The Kier molecular flexibility index (Phi) is 5.71. The van der Waals surface area contributed by atoms with Gasteiger partial charge in [-0.25, -0.2) is 13.1 Å². The van der Waals surface area contributed by atoms with Crippen LogP contribution in [0.3, 0.4) is 0 Å². The van der Waals surface area contributed by atoms with Crippen molar-refractivity contribution in [3.05, 3.63) is 54.1 Å². The molecule has 2 aromatic rings. The van der Waals surface area contributed by atoms with Gasteiger partial charge in [-0.15, -0.1) is 0 Å². The zero-order valence-electron chi connectivity index (χ0n) is 17.2. The average molecular weight is 430 g/mol. The maximum Gasteiger partial charge on any atom is 0.253 e. The second-order valence-corrected chi connectivity index (χ2v) is 9.57. The lowest BCUT2D eigenvalue weighted by Gasteiger charge is -2.37. The highest BCUT2D eigenvalue weighted by Crippen LogP contribution is 2.33. The fourth-order valence-corrected chi connectivity index (χ4v) is 4.95. The van der Waals surface area contributed by atoms with E-state index in [0.717, 1.165) is 30.8 Å². The van der Waals surface area contributed by atoms with Gasteiger partial charge in [-0.3, -0.25) is 4.79 Å². The molecule has 0 saturated heterocycles. The van der Waals surface area contributed by atoms with Crippen LogP contribution in [0.1, 0.15) is 30.1 Å². The number of fused-ring (bicyclic) bond motifs is 1. The summed E-state index contributed by atoms with van der Waals surface area (Å²) in [5, 5.41) is 0. The molecule has 1 unspecified atom stereocenters. The molecule has 2 aromatic carbocycles. The first-order chi connectivity index (χ1) is 14.4. The Hall–Kier alpha value is -2.58. The van der Waals surface area contributed by atoms with Crippen LogP contribution in [0.5, 0.6) is 5.75 Å². The molecular weight excluding hydrogens is 402 g/mol. The monoisotopic (exact) mass is 429 g/mol. The minimum Gasteiger partial charge on any atom is -0.485 e. The number of carbonyl (C=O) groups excluding carboxylic acids is 1. The molecule has 1 saturated carbocycles. The molecule has 0 aromatic heterocycles. The number of carbonyl (C=O) groups is 1. The molecule has 30 heavy (non-hydrogen) atoms. The molecule has 8 heteroatoms. The van der Waals surface area contributed by atoms with Crippen molar-refractivity contribution in [2.24, 2.45) is 0 Å². The Morgan fingerprint density at radius 1 is 1.17 bits per heavy atom. The summed E-state index contributed by atoms with van der Waals surface area (Å²) in [6, 6.07) is 14.1. The van der Waals surface area contributed by atoms with Gasteiger partial charge in [0, 0.05) is 25.2 Å². The number of benzene rings is 2. The maximum atomic E-state index is 12.9. The van der Waals surface area contributed by atoms with Crippen molar-refractivity contribution in [1.29, 1.82) is 0 Å². The van der Waals surface area contributed by atoms with E-state index >= 15 is 0 Å². The van der Waals surface area contributed by atoms with E-state index in [1.54, 1.807) is 24.1 Å². The molecule has 1 aliphatic heterocycles. The third-order valence-electron chi connectivity index (χ3n) is 5.44. The van der Waals surface area contributed by atoms with E-state index in [2.05, 4.69) is 16.5 Å². The van der Waals surface area contributed by atoms with Crippen LogP contribution in [-0.4, -0.2) is 58.1 Å². The number of likely N-dealkylation sites (N-methyl/N-ethyl adjacent to an activating group) is 2. The summed E-state index contributed by atoms with van der Waals surface area (Å²) in [4.78, 5) is 16.9. The number of anilines is 1. The highest BCUT2D eigenvalue weighted by molar-refractivity contribution is 7.89. The predicted octanol–water partition coefficient (Wildman–Crippen LogP) is 2.49. The van der Waals surface area contributed by atoms with E-state index in [1.165, 1.54) is 12.1 Å². The van der Waals surface area contributed by atoms with Crippen molar-refractivity contribution < 1.29 is 17.9 Å². The van der Waals surface area contributed by atoms with E-state index < -0.39 is 10.0 Å². The molecule has 1 atom stereocenters. The summed E-state index contributed by atoms with van der Waals surface area (Å²) in [5.74, 6) is 0.661. The molecule has 1 N–H and O–H groups in total. The fourth-order valence-electron chi connectivity index (χ4n) is 3.65. The summed E-state index contributed by atoms with van der Waals surface area (Å²) < 4.78 is 33.3. The number of nitrogens with one attached hydrogen (secondary N) is 1. The van der Waals surface area contributed by atoms with Gasteiger partial charge >= 0.3 is 0 Å². The standard InChI is InChI=1S/C22H27N3O4S/c1-3-25-15-18(29-21-7-5-4-6-20(21)25)14-24(2)22(26)16-8-12-19(13-9-16)30(27,28)23-17-10-11-17/h4-9,12-13,17-18,23H,3,10-11,14-15H2,1-2H3. The quantitative estimate of drug-likeness (QED) is 0.732. The van der Waals surface area contributed by atoms with Crippen LogP contribution < -0.4 is 14.4 Å². The van der Waals surface area contributed by atoms with Gasteiger partial charge < -0.3 is 14.5 Å². The molecule has 1 heterocycles. The van der Waals surface area contributed by atoms with Gasteiger partial charge in [-0.1, -0.05) is 12.1 Å². The van der Waals surface area contributed by atoms with E-state index in [0.29, 0.717) is 18.7 Å². The minimum atomic E-state index is -3.52. The zero-order valence-corrected chi connectivity index (χ0v) is 18.1. The molecule has 0 bridgehead atoms. The summed E-state index contributed by atoms with van der Waals surface area (Å²) in [6.45, 7) is 4.10. The molecule has 0 spiro atoms. The van der Waals surface area contributed by atoms with Crippen molar-refractivity contribution in [2.45, 2.75) is 36.8 Å². The van der Waals surface area contributed by atoms with Gasteiger partial charge in [0.15, 0.2) is 0 Å². The van der Waals surface area contributed by atoms with Gasteiger partial charge in [-0.05, 0) is 56.2 Å².